The zero-order valence-electron chi connectivity index (χ0n) is 10.5. The first-order chi connectivity index (χ1) is 8.06. The van der Waals surface area contributed by atoms with Gasteiger partial charge in [-0.05, 0) is 36.3 Å². The molecule has 1 saturated carbocycles. The Balaban J connectivity index is 1.91. The third-order valence-corrected chi connectivity index (χ3v) is 3.52. The van der Waals surface area contributed by atoms with Crippen molar-refractivity contribution >= 4 is 12.6 Å². The van der Waals surface area contributed by atoms with Crippen LogP contribution in [-0.4, -0.2) is 35.7 Å². The van der Waals surface area contributed by atoms with E-state index in [-0.39, 0.29) is 0 Å². The largest absolute Gasteiger partial charge is 0.488 e. The molecule has 2 unspecified atom stereocenters. The molecule has 0 radical (unpaired) electrons. The van der Waals surface area contributed by atoms with Crippen LogP contribution in [0.1, 0.15) is 18.9 Å². The van der Waals surface area contributed by atoms with Crippen molar-refractivity contribution in [2.45, 2.75) is 19.9 Å². The van der Waals surface area contributed by atoms with E-state index in [2.05, 4.69) is 18.9 Å². The Morgan fingerprint density at radius 2 is 2.12 bits per heavy atom. The molecule has 2 rings (SSSR count). The molecule has 0 aliphatic heterocycles. The van der Waals surface area contributed by atoms with Gasteiger partial charge in [-0.2, -0.15) is 0 Å². The predicted molar refractivity (Wildman–Crippen MR) is 69.9 cm³/mol. The lowest BCUT2D eigenvalue weighted by atomic mass is 9.79. The van der Waals surface area contributed by atoms with Gasteiger partial charge in [-0.3, -0.25) is 0 Å². The minimum atomic E-state index is -1.37. The van der Waals surface area contributed by atoms with Crippen molar-refractivity contribution in [1.82, 2.24) is 4.90 Å². The van der Waals surface area contributed by atoms with E-state index in [4.69, 9.17) is 10.0 Å². The van der Waals surface area contributed by atoms with Crippen LogP contribution in [0.3, 0.4) is 0 Å². The first-order valence-electron chi connectivity index (χ1n) is 6.20. The lowest BCUT2D eigenvalue weighted by molar-refractivity contribution is 0.307. The molecule has 1 aromatic carbocycles. The van der Waals surface area contributed by atoms with Crippen molar-refractivity contribution in [1.29, 1.82) is 0 Å². The Labute approximate surface area is 103 Å². The molecule has 0 aromatic heterocycles. The molecule has 92 valence electrons. The first-order valence-corrected chi connectivity index (χ1v) is 6.20. The standard InChI is InChI=1S/C13H20BNO2/c1-10-6-12(10)9-15(2)8-11-4-3-5-13(7-11)14(16)17/h3-5,7,10,12,16-17H,6,8-9H2,1-2H3. The topological polar surface area (TPSA) is 43.7 Å². The Bertz CT molecular complexity index is 383. The molecular formula is C13H20BNO2. The highest BCUT2D eigenvalue weighted by Crippen LogP contribution is 2.38. The van der Waals surface area contributed by atoms with E-state index in [1.807, 2.05) is 18.2 Å². The van der Waals surface area contributed by atoms with E-state index in [1.165, 1.54) is 6.42 Å². The summed E-state index contributed by atoms with van der Waals surface area (Å²) in [6.45, 7) is 4.29. The van der Waals surface area contributed by atoms with Gasteiger partial charge in [0.25, 0.3) is 0 Å². The molecule has 2 atom stereocenters. The predicted octanol–water partition coefficient (Wildman–Crippen LogP) is 0.454. The smallest absolute Gasteiger partial charge is 0.423 e. The van der Waals surface area contributed by atoms with Gasteiger partial charge in [0.1, 0.15) is 0 Å². The summed E-state index contributed by atoms with van der Waals surface area (Å²) < 4.78 is 0. The van der Waals surface area contributed by atoms with E-state index in [0.29, 0.717) is 5.46 Å². The van der Waals surface area contributed by atoms with Gasteiger partial charge in [-0.15, -0.1) is 0 Å². The summed E-state index contributed by atoms with van der Waals surface area (Å²) in [6, 6.07) is 7.49. The maximum atomic E-state index is 9.11. The Hall–Kier alpha value is -0.835. The van der Waals surface area contributed by atoms with Crippen LogP contribution in [0.25, 0.3) is 0 Å². The van der Waals surface area contributed by atoms with Crippen molar-refractivity contribution in [2.75, 3.05) is 13.6 Å². The van der Waals surface area contributed by atoms with Crippen LogP contribution in [0.15, 0.2) is 24.3 Å². The fourth-order valence-electron chi connectivity index (χ4n) is 2.28. The third-order valence-electron chi connectivity index (χ3n) is 3.52. The van der Waals surface area contributed by atoms with E-state index in [1.54, 1.807) is 6.07 Å². The van der Waals surface area contributed by atoms with Crippen LogP contribution >= 0.6 is 0 Å². The van der Waals surface area contributed by atoms with Crippen molar-refractivity contribution < 1.29 is 10.0 Å². The Kier molecular flexibility index (Phi) is 3.87. The number of nitrogens with zero attached hydrogens (tertiary/aromatic N) is 1. The zero-order valence-corrected chi connectivity index (χ0v) is 10.5. The summed E-state index contributed by atoms with van der Waals surface area (Å²) >= 11 is 0. The average molecular weight is 233 g/mol. The summed E-state index contributed by atoms with van der Waals surface area (Å²) in [6.07, 6.45) is 1.35. The fourth-order valence-corrected chi connectivity index (χ4v) is 2.28. The van der Waals surface area contributed by atoms with Crippen LogP contribution in [0, 0.1) is 11.8 Å². The van der Waals surface area contributed by atoms with Crippen LogP contribution in [0.2, 0.25) is 0 Å². The lowest BCUT2D eigenvalue weighted by Gasteiger charge is -2.17. The summed E-state index contributed by atoms with van der Waals surface area (Å²) in [7, 11) is 0.747. The molecule has 0 saturated heterocycles. The number of benzene rings is 1. The van der Waals surface area contributed by atoms with Gasteiger partial charge < -0.3 is 14.9 Å². The SMILES string of the molecule is CC1CC1CN(C)Cc1cccc(B(O)O)c1. The van der Waals surface area contributed by atoms with E-state index in [9.17, 15) is 0 Å². The van der Waals surface area contributed by atoms with Gasteiger partial charge >= 0.3 is 7.12 Å². The molecule has 4 heteroatoms. The van der Waals surface area contributed by atoms with E-state index < -0.39 is 7.12 Å². The molecule has 3 nitrogen and oxygen atoms in total. The number of hydrogen-bond donors (Lipinski definition) is 2. The molecule has 0 bridgehead atoms. The molecular weight excluding hydrogens is 213 g/mol. The van der Waals surface area contributed by atoms with Gasteiger partial charge in [-0.25, -0.2) is 0 Å². The molecule has 0 heterocycles. The maximum Gasteiger partial charge on any atom is 0.488 e. The van der Waals surface area contributed by atoms with Crippen molar-refractivity contribution in [3.63, 3.8) is 0 Å². The lowest BCUT2D eigenvalue weighted by Crippen LogP contribution is -2.30. The Morgan fingerprint density at radius 3 is 2.71 bits per heavy atom. The van der Waals surface area contributed by atoms with Gasteiger partial charge in [-0.1, -0.05) is 31.2 Å². The molecule has 2 N–H and O–H groups in total. The first kappa shape index (κ1) is 12.6. The molecule has 1 fully saturated rings. The van der Waals surface area contributed by atoms with Gasteiger partial charge in [0, 0.05) is 13.1 Å². The number of rotatable bonds is 5. The fraction of sp³-hybridized carbons (Fsp3) is 0.538. The maximum absolute atomic E-state index is 9.11. The van der Waals surface area contributed by atoms with Crippen LogP contribution in [0.5, 0.6) is 0 Å². The van der Waals surface area contributed by atoms with Crippen LogP contribution in [0.4, 0.5) is 0 Å². The van der Waals surface area contributed by atoms with Gasteiger partial charge in [0.15, 0.2) is 0 Å². The van der Waals surface area contributed by atoms with Crippen LogP contribution in [-0.2, 0) is 6.54 Å². The number of hydrogen-bond acceptors (Lipinski definition) is 3. The molecule has 17 heavy (non-hydrogen) atoms. The monoisotopic (exact) mass is 233 g/mol. The second-order valence-corrected chi connectivity index (χ2v) is 5.29. The van der Waals surface area contributed by atoms with Gasteiger partial charge in [0.05, 0.1) is 0 Å². The highest BCUT2D eigenvalue weighted by atomic mass is 16.4. The minimum absolute atomic E-state index is 0.565. The molecule has 1 aliphatic carbocycles. The summed E-state index contributed by atoms with van der Waals surface area (Å²) in [5.41, 5.74) is 1.70. The molecule has 0 amide bonds. The third kappa shape index (κ3) is 3.56. The summed E-state index contributed by atoms with van der Waals surface area (Å²) in [5.74, 6) is 1.73. The second-order valence-electron chi connectivity index (χ2n) is 5.29. The zero-order chi connectivity index (χ0) is 12.4. The highest BCUT2D eigenvalue weighted by Gasteiger charge is 2.32. The quantitative estimate of drug-likeness (QED) is 0.726. The Morgan fingerprint density at radius 1 is 1.41 bits per heavy atom. The summed E-state index contributed by atoms with van der Waals surface area (Å²) in [5, 5.41) is 18.2. The average Bonchev–Trinajstić information content (AvgIpc) is 2.94. The highest BCUT2D eigenvalue weighted by molar-refractivity contribution is 6.58. The molecule has 1 aromatic rings. The van der Waals surface area contributed by atoms with Crippen molar-refractivity contribution in [3.05, 3.63) is 29.8 Å². The van der Waals surface area contributed by atoms with Gasteiger partial charge in [0.2, 0.25) is 0 Å². The van der Waals surface area contributed by atoms with Crippen molar-refractivity contribution in [3.8, 4) is 0 Å². The van der Waals surface area contributed by atoms with E-state index in [0.717, 1.165) is 30.5 Å². The van der Waals surface area contributed by atoms with Crippen LogP contribution < -0.4 is 5.46 Å². The van der Waals surface area contributed by atoms with E-state index >= 15 is 0 Å². The summed E-state index contributed by atoms with van der Waals surface area (Å²) in [4.78, 5) is 2.30. The molecule has 0 spiro atoms. The second kappa shape index (κ2) is 5.21. The molecule has 1 aliphatic rings. The van der Waals surface area contributed by atoms with Crippen molar-refractivity contribution in [2.24, 2.45) is 11.8 Å². The normalized spacial score (nSPS) is 22.9. The minimum Gasteiger partial charge on any atom is -0.423 e.